The van der Waals surface area contributed by atoms with E-state index in [1.807, 2.05) is 42.5 Å². The number of sulfone groups is 1. The molecule has 1 saturated carbocycles. The van der Waals surface area contributed by atoms with Crippen LogP contribution in [0.15, 0.2) is 64.0 Å². The molecule has 134 valence electrons. The molecule has 1 aliphatic carbocycles. The summed E-state index contributed by atoms with van der Waals surface area (Å²) in [7, 11) is -3.19. The Morgan fingerprint density at radius 1 is 0.962 bits per heavy atom. The molecule has 0 amide bonds. The highest BCUT2D eigenvalue weighted by atomic mass is 32.2. The molecular weight excluding hydrogens is 348 g/mol. The molecule has 3 aromatic rings. The first-order valence-electron chi connectivity index (χ1n) is 8.47. The molecule has 2 aromatic carbocycles. The number of rotatable bonds is 4. The van der Waals surface area contributed by atoms with E-state index in [0.717, 1.165) is 11.1 Å². The van der Waals surface area contributed by atoms with Gasteiger partial charge in [-0.2, -0.15) is 4.98 Å². The number of nitrogens with zero attached hydrogens (tertiary/aromatic N) is 2. The molecule has 0 saturated heterocycles. The Bertz CT molecular complexity index is 1040. The van der Waals surface area contributed by atoms with E-state index in [9.17, 15) is 8.42 Å². The third-order valence-electron chi connectivity index (χ3n) is 5.23. The van der Waals surface area contributed by atoms with Gasteiger partial charge in [0.25, 0.3) is 0 Å². The van der Waals surface area contributed by atoms with E-state index in [2.05, 4.69) is 24.0 Å². The van der Waals surface area contributed by atoms with Gasteiger partial charge < -0.3 is 4.52 Å². The van der Waals surface area contributed by atoms with Crippen molar-refractivity contribution in [2.45, 2.75) is 30.6 Å². The molecule has 0 bridgehead atoms. The summed E-state index contributed by atoms with van der Waals surface area (Å²) in [6.45, 7) is 4.33. The second kappa shape index (κ2) is 5.77. The minimum Gasteiger partial charge on any atom is -0.339 e. The fraction of sp³-hybridized carbons (Fsp3) is 0.300. The van der Waals surface area contributed by atoms with Crippen LogP contribution in [0, 0.1) is 5.41 Å². The van der Waals surface area contributed by atoms with E-state index in [4.69, 9.17) is 4.52 Å². The summed E-state index contributed by atoms with van der Waals surface area (Å²) in [5.41, 5.74) is 1.99. The molecule has 4 rings (SSSR count). The van der Waals surface area contributed by atoms with Crippen molar-refractivity contribution in [1.29, 1.82) is 0 Å². The van der Waals surface area contributed by atoms with E-state index < -0.39 is 9.84 Å². The molecule has 1 fully saturated rings. The molecular formula is C20H20N2O3S. The lowest BCUT2D eigenvalue weighted by atomic mass is 10.0. The van der Waals surface area contributed by atoms with Gasteiger partial charge in [0.1, 0.15) is 0 Å². The highest BCUT2D eigenvalue weighted by Crippen LogP contribution is 2.69. The average molecular weight is 368 g/mol. The highest BCUT2D eigenvalue weighted by Gasteiger charge is 2.62. The topological polar surface area (TPSA) is 73.1 Å². The smallest absolute Gasteiger partial charge is 0.231 e. The van der Waals surface area contributed by atoms with Crippen LogP contribution in [-0.4, -0.2) is 24.8 Å². The predicted octanol–water partition coefficient (Wildman–Crippen LogP) is 4.05. The third-order valence-corrected chi connectivity index (χ3v) is 6.36. The number of benzene rings is 2. The Balaban J connectivity index is 1.62. The lowest BCUT2D eigenvalue weighted by Crippen LogP contribution is -1.97. The van der Waals surface area contributed by atoms with Crippen LogP contribution in [0.2, 0.25) is 0 Å². The maximum atomic E-state index is 11.6. The lowest BCUT2D eigenvalue weighted by Gasteiger charge is -2.04. The third kappa shape index (κ3) is 2.84. The SMILES string of the molecule is CC1(C)[C@H](c2ccc(S(C)(=O)=O)cc2)[C@H]1c1nc(-c2ccccc2)no1. The zero-order valence-corrected chi connectivity index (χ0v) is 15.7. The first-order valence-corrected chi connectivity index (χ1v) is 10.4. The molecule has 1 aliphatic rings. The summed E-state index contributed by atoms with van der Waals surface area (Å²) in [6, 6.07) is 16.8. The van der Waals surface area contributed by atoms with Crippen molar-refractivity contribution in [3.05, 3.63) is 66.1 Å². The first-order chi connectivity index (χ1) is 12.3. The van der Waals surface area contributed by atoms with Gasteiger partial charge in [-0.05, 0) is 23.1 Å². The molecule has 0 spiro atoms. The van der Waals surface area contributed by atoms with E-state index in [0.29, 0.717) is 16.6 Å². The van der Waals surface area contributed by atoms with Gasteiger partial charge in [-0.3, -0.25) is 0 Å². The van der Waals surface area contributed by atoms with Gasteiger partial charge in [-0.1, -0.05) is 61.5 Å². The van der Waals surface area contributed by atoms with Crippen molar-refractivity contribution in [1.82, 2.24) is 10.1 Å². The second-order valence-corrected chi connectivity index (χ2v) is 9.46. The van der Waals surface area contributed by atoms with E-state index in [1.165, 1.54) is 6.26 Å². The summed E-state index contributed by atoms with van der Waals surface area (Å²) in [5, 5.41) is 4.12. The van der Waals surface area contributed by atoms with Crippen molar-refractivity contribution < 1.29 is 12.9 Å². The van der Waals surface area contributed by atoms with Gasteiger partial charge in [-0.25, -0.2) is 8.42 Å². The Hall–Kier alpha value is -2.47. The Morgan fingerprint density at radius 3 is 2.23 bits per heavy atom. The Kier molecular flexibility index (Phi) is 3.77. The van der Waals surface area contributed by atoms with Crippen molar-refractivity contribution >= 4 is 9.84 Å². The van der Waals surface area contributed by atoms with Gasteiger partial charge >= 0.3 is 0 Å². The molecule has 6 heteroatoms. The van der Waals surface area contributed by atoms with Gasteiger partial charge in [0.15, 0.2) is 9.84 Å². The molecule has 26 heavy (non-hydrogen) atoms. The monoisotopic (exact) mass is 368 g/mol. The minimum atomic E-state index is -3.19. The maximum absolute atomic E-state index is 11.6. The molecule has 0 unspecified atom stereocenters. The number of hydrogen-bond donors (Lipinski definition) is 0. The van der Waals surface area contributed by atoms with E-state index >= 15 is 0 Å². The quantitative estimate of drug-likeness (QED) is 0.695. The minimum absolute atomic E-state index is 0.0207. The van der Waals surface area contributed by atoms with E-state index in [1.54, 1.807) is 12.1 Å². The summed E-state index contributed by atoms with van der Waals surface area (Å²) in [6.07, 6.45) is 1.22. The van der Waals surface area contributed by atoms with Crippen LogP contribution in [-0.2, 0) is 9.84 Å². The molecule has 2 atom stereocenters. The maximum Gasteiger partial charge on any atom is 0.231 e. The molecule has 0 aliphatic heterocycles. The van der Waals surface area contributed by atoms with Crippen LogP contribution in [0.4, 0.5) is 0 Å². The number of hydrogen-bond acceptors (Lipinski definition) is 5. The summed E-state index contributed by atoms with van der Waals surface area (Å²) < 4.78 is 28.8. The molecule has 1 heterocycles. The van der Waals surface area contributed by atoms with E-state index in [-0.39, 0.29) is 17.3 Å². The van der Waals surface area contributed by atoms with Gasteiger partial charge in [0.2, 0.25) is 11.7 Å². The van der Waals surface area contributed by atoms with Crippen molar-refractivity contribution in [2.24, 2.45) is 5.41 Å². The molecule has 0 N–H and O–H groups in total. The highest BCUT2D eigenvalue weighted by molar-refractivity contribution is 7.90. The molecule has 5 nitrogen and oxygen atoms in total. The standard InChI is InChI=1S/C20H20N2O3S/c1-20(2)16(13-9-11-15(12-10-13)26(3,23)24)17(20)19-21-18(22-25-19)14-7-5-4-6-8-14/h4-12,16-17H,1-3H3/t16-,17+/m1/s1. The van der Waals surface area contributed by atoms with Crippen LogP contribution in [0.3, 0.4) is 0 Å². The zero-order valence-electron chi connectivity index (χ0n) is 14.9. The fourth-order valence-electron chi connectivity index (χ4n) is 3.71. The predicted molar refractivity (Wildman–Crippen MR) is 98.5 cm³/mol. The van der Waals surface area contributed by atoms with Crippen molar-refractivity contribution in [3.63, 3.8) is 0 Å². The summed E-state index contributed by atoms with van der Waals surface area (Å²) in [4.78, 5) is 4.93. The van der Waals surface area contributed by atoms with Gasteiger partial charge in [-0.15, -0.1) is 0 Å². The van der Waals surface area contributed by atoms with Crippen LogP contribution >= 0.6 is 0 Å². The summed E-state index contributed by atoms with van der Waals surface area (Å²) in [5.74, 6) is 1.57. The zero-order chi connectivity index (χ0) is 18.5. The average Bonchev–Trinajstić information content (AvgIpc) is 2.95. The number of aromatic nitrogens is 2. The van der Waals surface area contributed by atoms with Crippen LogP contribution in [0.5, 0.6) is 0 Å². The fourth-order valence-corrected chi connectivity index (χ4v) is 4.34. The van der Waals surface area contributed by atoms with Crippen LogP contribution in [0.1, 0.15) is 37.1 Å². The normalized spacial score (nSPS) is 21.5. The Labute approximate surface area is 153 Å². The lowest BCUT2D eigenvalue weighted by molar-refractivity contribution is 0.368. The molecule has 0 radical (unpaired) electrons. The van der Waals surface area contributed by atoms with Crippen molar-refractivity contribution in [3.8, 4) is 11.4 Å². The van der Waals surface area contributed by atoms with Crippen LogP contribution < -0.4 is 0 Å². The van der Waals surface area contributed by atoms with Crippen LogP contribution in [0.25, 0.3) is 11.4 Å². The van der Waals surface area contributed by atoms with Crippen molar-refractivity contribution in [2.75, 3.05) is 6.26 Å². The van der Waals surface area contributed by atoms with Gasteiger partial charge in [0.05, 0.1) is 10.8 Å². The first kappa shape index (κ1) is 17.0. The second-order valence-electron chi connectivity index (χ2n) is 7.44. The summed E-state index contributed by atoms with van der Waals surface area (Å²) >= 11 is 0. The van der Waals surface area contributed by atoms with Gasteiger partial charge in [0, 0.05) is 17.7 Å². The molecule has 1 aromatic heterocycles. The largest absolute Gasteiger partial charge is 0.339 e. The Morgan fingerprint density at radius 2 is 1.62 bits per heavy atom.